The summed E-state index contributed by atoms with van der Waals surface area (Å²) < 4.78 is 10.7. The number of nitrogens with two attached hydrogens (primary N) is 1. The average molecular weight is 426 g/mol. The number of hydrogen-bond acceptors (Lipinski definition) is 5. The molecular weight excluding hydrogens is 394 g/mol. The number of guanidine groups is 1. The fourth-order valence-electron chi connectivity index (χ4n) is 3.46. The third-order valence-electron chi connectivity index (χ3n) is 5.02. The van der Waals surface area contributed by atoms with Gasteiger partial charge in [0.25, 0.3) is 5.91 Å². The molecule has 0 saturated carbocycles. The first-order valence-electron chi connectivity index (χ1n) is 10.5. The highest BCUT2D eigenvalue weighted by atomic mass is 16.5. The number of carbonyl (C=O) groups excluding carboxylic acids is 1. The number of methoxy groups -OCH3 is 1. The number of amides is 1. The fraction of sp³-hybridized carbons (Fsp3) is 0.391. The van der Waals surface area contributed by atoms with Crippen LogP contribution < -0.4 is 25.4 Å². The van der Waals surface area contributed by atoms with Crippen LogP contribution in [0.2, 0.25) is 0 Å². The number of nitrogens with zero attached hydrogens (tertiary/aromatic N) is 3. The summed E-state index contributed by atoms with van der Waals surface area (Å²) in [6, 6.07) is 15.7. The van der Waals surface area contributed by atoms with E-state index >= 15 is 0 Å². The van der Waals surface area contributed by atoms with Gasteiger partial charge in [0.1, 0.15) is 11.5 Å². The van der Waals surface area contributed by atoms with Crippen molar-refractivity contribution in [2.24, 2.45) is 10.7 Å². The Balaban J connectivity index is 1.61. The number of aliphatic imine (C=N–C) groups is 1. The summed E-state index contributed by atoms with van der Waals surface area (Å²) in [5.41, 5.74) is 7.33. The minimum atomic E-state index is -0.494. The lowest BCUT2D eigenvalue weighted by molar-refractivity contribution is -0.119. The Morgan fingerprint density at radius 1 is 1.10 bits per heavy atom. The third-order valence-corrected chi connectivity index (χ3v) is 5.02. The molecule has 0 aliphatic carbocycles. The van der Waals surface area contributed by atoms with Crippen LogP contribution >= 0.6 is 0 Å². The van der Waals surface area contributed by atoms with Crippen molar-refractivity contribution in [3.63, 3.8) is 0 Å². The maximum atomic E-state index is 10.9. The molecule has 0 aromatic heterocycles. The number of anilines is 1. The third kappa shape index (κ3) is 6.53. The predicted octanol–water partition coefficient (Wildman–Crippen LogP) is 1.85. The van der Waals surface area contributed by atoms with Gasteiger partial charge in [-0.15, -0.1) is 0 Å². The average Bonchev–Trinajstić information content (AvgIpc) is 2.81. The molecule has 1 saturated heterocycles. The first kappa shape index (κ1) is 22.3. The van der Waals surface area contributed by atoms with Gasteiger partial charge in [0, 0.05) is 44.5 Å². The number of rotatable bonds is 8. The van der Waals surface area contributed by atoms with Crippen LogP contribution in [-0.2, 0) is 11.3 Å². The standard InChI is InChI=1S/C23H31N5O3/c1-3-25-23(26-16-18-6-4-9-21(14-18)31-17-22(24)29)28-12-10-27(11-13-28)19-7-5-8-20(15-19)30-2/h4-9,14-15H,3,10-13,16-17H2,1-2H3,(H2,24,29)(H,25,26). The Kier molecular flexibility index (Phi) is 7.98. The van der Waals surface area contributed by atoms with Crippen molar-refractivity contribution in [3.8, 4) is 11.5 Å². The first-order valence-corrected chi connectivity index (χ1v) is 10.5. The molecule has 1 fully saturated rings. The Hall–Kier alpha value is -3.42. The molecule has 8 heteroatoms. The van der Waals surface area contributed by atoms with Gasteiger partial charge in [-0.2, -0.15) is 0 Å². The molecule has 1 heterocycles. The summed E-state index contributed by atoms with van der Waals surface area (Å²) in [4.78, 5) is 20.4. The topological polar surface area (TPSA) is 92.4 Å². The quantitative estimate of drug-likeness (QED) is 0.495. The Morgan fingerprint density at radius 2 is 1.84 bits per heavy atom. The fourth-order valence-corrected chi connectivity index (χ4v) is 3.46. The van der Waals surface area contributed by atoms with Gasteiger partial charge in [-0.3, -0.25) is 4.79 Å². The van der Waals surface area contributed by atoms with Crippen LogP contribution in [0.25, 0.3) is 0 Å². The van der Waals surface area contributed by atoms with Gasteiger partial charge in [0.05, 0.1) is 13.7 Å². The van der Waals surface area contributed by atoms with Crippen LogP contribution in [0.4, 0.5) is 5.69 Å². The first-order chi connectivity index (χ1) is 15.1. The van der Waals surface area contributed by atoms with E-state index < -0.39 is 5.91 Å². The Bertz CT molecular complexity index is 894. The zero-order valence-corrected chi connectivity index (χ0v) is 18.2. The molecule has 1 amide bonds. The number of benzene rings is 2. The van der Waals surface area contributed by atoms with Gasteiger partial charge < -0.3 is 30.3 Å². The monoisotopic (exact) mass is 425 g/mol. The summed E-state index contributed by atoms with van der Waals surface area (Å²) in [5, 5.41) is 3.40. The molecule has 2 aromatic carbocycles. The lowest BCUT2D eigenvalue weighted by Crippen LogP contribution is -2.52. The molecule has 166 valence electrons. The summed E-state index contributed by atoms with van der Waals surface area (Å²) in [6.45, 7) is 6.84. The molecule has 31 heavy (non-hydrogen) atoms. The van der Waals surface area contributed by atoms with Crippen molar-refractivity contribution in [1.82, 2.24) is 10.2 Å². The van der Waals surface area contributed by atoms with Gasteiger partial charge >= 0.3 is 0 Å². The molecule has 2 aromatic rings. The van der Waals surface area contributed by atoms with Crippen molar-refractivity contribution in [3.05, 3.63) is 54.1 Å². The van der Waals surface area contributed by atoms with E-state index in [1.54, 1.807) is 13.2 Å². The highest BCUT2D eigenvalue weighted by molar-refractivity contribution is 5.80. The lowest BCUT2D eigenvalue weighted by atomic mass is 10.2. The maximum absolute atomic E-state index is 10.9. The van der Waals surface area contributed by atoms with Crippen molar-refractivity contribution < 1.29 is 14.3 Å². The van der Waals surface area contributed by atoms with E-state index in [1.807, 2.05) is 30.3 Å². The Labute approximate surface area is 183 Å². The zero-order valence-electron chi connectivity index (χ0n) is 18.2. The van der Waals surface area contributed by atoms with E-state index in [1.165, 1.54) is 5.69 Å². The smallest absolute Gasteiger partial charge is 0.255 e. The van der Waals surface area contributed by atoms with Crippen molar-refractivity contribution in [2.75, 3.05) is 51.3 Å². The SMILES string of the molecule is CCNC(=NCc1cccc(OCC(N)=O)c1)N1CCN(c2cccc(OC)c2)CC1. The van der Waals surface area contributed by atoms with Crippen molar-refractivity contribution in [2.45, 2.75) is 13.5 Å². The van der Waals surface area contributed by atoms with Crippen LogP contribution in [0.15, 0.2) is 53.5 Å². The molecule has 0 spiro atoms. The van der Waals surface area contributed by atoms with Crippen LogP contribution in [0.1, 0.15) is 12.5 Å². The van der Waals surface area contributed by atoms with E-state index in [4.69, 9.17) is 20.2 Å². The Morgan fingerprint density at radius 3 is 2.55 bits per heavy atom. The van der Waals surface area contributed by atoms with Crippen LogP contribution in [0, 0.1) is 0 Å². The number of nitrogens with one attached hydrogen (secondary N) is 1. The van der Waals surface area contributed by atoms with Gasteiger partial charge in [-0.1, -0.05) is 18.2 Å². The second-order valence-corrected chi connectivity index (χ2v) is 7.25. The highest BCUT2D eigenvalue weighted by Crippen LogP contribution is 2.22. The summed E-state index contributed by atoms with van der Waals surface area (Å²) in [7, 11) is 1.69. The van der Waals surface area contributed by atoms with E-state index in [0.717, 1.165) is 50.0 Å². The number of piperazine rings is 1. The molecule has 3 rings (SSSR count). The molecular formula is C23H31N5O3. The molecule has 3 N–H and O–H groups in total. The molecule has 1 aliphatic rings. The second-order valence-electron chi connectivity index (χ2n) is 7.25. The van der Waals surface area contributed by atoms with Crippen LogP contribution in [0.3, 0.4) is 0 Å². The zero-order chi connectivity index (χ0) is 22.1. The van der Waals surface area contributed by atoms with E-state index in [2.05, 4.69) is 34.2 Å². The minimum absolute atomic E-state index is 0.132. The normalized spacial score (nSPS) is 14.3. The number of carbonyl (C=O) groups is 1. The minimum Gasteiger partial charge on any atom is -0.497 e. The number of primary amides is 1. The largest absolute Gasteiger partial charge is 0.497 e. The number of ether oxygens (including phenoxy) is 2. The van der Waals surface area contributed by atoms with Gasteiger partial charge in [-0.25, -0.2) is 4.99 Å². The van der Waals surface area contributed by atoms with E-state index in [0.29, 0.717) is 12.3 Å². The summed E-state index contributed by atoms with van der Waals surface area (Å²) >= 11 is 0. The summed E-state index contributed by atoms with van der Waals surface area (Å²) in [5.74, 6) is 1.89. The van der Waals surface area contributed by atoms with Crippen molar-refractivity contribution >= 4 is 17.6 Å². The maximum Gasteiger partial charge on any atom is 0.255 e. The molecule has 0 unspecified atom stereocenters. The van der Waals surface area contributed by atoms with Gasteiger partial charge in [-0.05, 0) is 36.8 Å². The molecule has 0 radical (unpaired) electrons. The van der Waals surface area contributed by atoms with Gasteiger partial charge in [0.15, 0.2) is 12.6 Å². The molecule has 1 aliphatic heterocycles. The highest BCUT2D eigenvalue weighted by Gasteiger charge is 2.20. The molecule has 0 atom stereocenters. The van der Waals surface area contributed by atoms with Gasteiger partial charge in [0.2, 0.25) is 0 Å². The second kappa shape index (κ2) is 11.1. The lowest BCUT2D eigenvalue weighted by Gasteiger charge is -2.37. The van der Waals surface area contributed by atoms with E-state index in [9.17, 15) is 4.79 Å². The molecule has 8 nitrogen and oxygen atoms in total. The molecule has 0 bridgehead atoms. The van der Waals surface area contributed by atoms with E-state index in [-0.39, 0.29) is 6.61 Å². The predicted molar refractivity (Wildman–Crippen MR) is 123 cm³/mol. The van der Waals surface area contributed by atoms with Crippen molar-refractivity contribution in [1.29, 1.82) is 0 Å². The van der Waals surface area contributed by atoms with Crippen LogP contribution in [-0.4, -0.2) is 63.2 Å². The van der Waals surface area contributed by atoms with Crippen LogP contribution in [0.5, 0.6) is 11.5 Å². The summed E-state index contributed by atoms with van der Waals surface area (Å²) in [6.07, 6.45) is 0. The number of hydrogen-bond donors (Lipinski definition) is 2.